The predicted octanol–water partition coefficient (Wildman–Crippen LogP) is 1.40. The molecule has 3 heterocycles. The van der Waals surface area contributed by atoms with E-state index < -0.39 is 4.92 Å². The lowest BCUT2D eigenvalue weighted by Crippen LogP contribution is -2.08. The smallest absolute Gasteiger partial charge is 0.363 e. The molecule has 0 aromatic carbocycles. The highest BCUT2D eigenvalue weighted by atomic mass is 32.1. The lowest BCUT2D eigenvalue weighted by molar-refractivity contribution is -0.389. The van der Waals surface area contributed by atoms with Gasteiger partial charge in [-0.1, -0.05) is 16.6 Å². The molecule has 0 aliphatic rings. The molecular weight excluding hydrogens is 282 g/mol. The van der Waals surface area contributed by atoms with E-state index in [0.29, 0.717) is 23.9 Å². The number of nitrogens with one attached hydrogen (secondary N) is 1. The van der Waals surface area contributed by atoms with E-state index in [9.17, 15) is 10.1 Å². The maximum absolute atomic E-state index is 11.1. The van der Waals surface area contributed by atoms with Crippen molar-refractivity contribution >= 4 is 27.9 Å². The summed E-state index contributed by atoms with van der Waals surface area (Å²) < 4.78 is 3.19. The van der Waals surface area contributed by atoms with Crippen molar-refractivity contribution in [1.82, 2.24) is 24.4 Å². The minimum Gasteiger partial charge on any atom is -0.363 e. The van der Waals surface area contributed by atoms with E-state index in [1.807, 2.05) is 0 Å². The quantitative estimate of drug-likeness (QED) is 0.418. The van der Waals surface area contributed by atoms with Crippen molar-refractivity contribution in [2.45, 2.75) is 13.0 Å². The Kier molecular flexibility index (Phi) is 3.29. The number of nitro groups is 1. The molecule has 0 saturated carbocycles. The standard InChI is InChI=1S/C10H11N7O2S/c18-17(19)9-8(13-10-16(9)6-7-20-10)11-2-1-4-15-5-3-12-14-15/h3,5-7,11H,1-2,4H2. The van der Waals surface area contributed by atoms with Gasteiger partial charge in [0.2, 0.25) is 5.82 Å². The number of rotatable bonds is 6. The van der Waals surface area contributed by atoms with Crippen molar-refractivity contribution in [2.24, 2.45) is 0 Å². The Labute approximate surface area is 117 Å². The van der Waals surface area contributed by atoms with Gasteiger partial charge in [-0.2, -0.15) is 9.38 Å². The van der Waals surface area contributed by atoms with Crippen LogP contribution in [0, 0.1) is 10.1 Å². The number of imidazole rings is 1. The summed E-state index contributed by atoms with van der Waals surface area (Å²) >= 11 is 1.36. The van der Waals surface area contributed by atoms with Gasteiger partial charge in [0.05, 0.1) is 6.20 Å². The van der Waals surface area contributed by atoms with Crippen molar-refractivity contribution < 1.29 is 4.92 Å². The molecular formula is C10H11N7O2S. The fourth-order valence-electron chi connectivity index (χ4n) is 1.87. The Balaban J connectivity index is 1.66. The van der Waals surface area contributed by atoms with Crippen LogP contribution >= 0.6 is 11.3 Å². The van der Waals surface area contributed by atoms with Crippen molar-refractivity contribution in [3.05, 3.63) is 34.1 Å². The SMILES string of the molecule is O=[N+]([O-])c1c(NCCCn2ccnn2)nc2sccn12. The molecule has 20 heavy (non-hydrogen) atoms. The second kappa shape index (κ2) is 5.25. The van der Waals surface area contributed by atoms with Crippen molar-refractivity contribution in [3.8, 4) is 0 Å². The maximum atomic E-state index is 11.1. The number of nitrogens with zero attached hydrogens (tertiary/aromatic N) is 6. The van der Waals surface area contributed by atoms with Crippen LogP contribution in [0.4, 0.5) is 11.6 Å². The summed E-state index contributed by atoms with van der Waals surface area (Å²) in [4.78, 5) is 15.5. The van der Waals surface area contributed by atoms with Gasteiger partial charge in [0, 0.05) is 24.7 Å². The summed E-state index contributed by atoms with van der Waals surface area (Å²) in [7, 11) is 0. The normalized spacial score (nSPS) is 11.0. The van der Waals surface area contributed by atoms with E-state index in [2.05, 4.69) is 20.6 Å². The topological polar surface area (TPSA) is 103 Å². The summed E-state index contributed by atoms with van der Waals surface area (Å²) in [6.45, 7) is 1.27. The van der Waals surface area contributed by atoms with Crippen molar-refractivity contribution in [1.29, 1.82) is 0 Å². The number of thiazole rings is 1. The minimum absolute atomic E-state index is 0.0259. The van der Waals surface area contributed by atoms with Crippen molar-refractivity contribution in [2.75, 3.05) is 11.9 Å². The molecule has 104 valence electrons. The van der Waals surface area contributed by atoms with E-state index >= 15 is 0 Å². The zero-order valence-electron chi connectivity index (χ0n) is 10.3. The molecule has 0 aliphatic heterocycles. The van der Waals surface area contributed by atoms with Gasteiger partial charge in [0.15, 0.2) is 0 Å². The van der Waals surface area contributed by atoms with Gasteiger partial charge >= 0.3 is 5.82 Å². The summed E-state index contributed by atoms with van der Waals surface area (Å²) in [5.41, 5.74) is 0. The van der Waals surface area contributed by atoms with Gasteiger partial charge in [-0.3, -0.25) is 4.68 Å². The second-order valence-electron chi connectivity index (χ2n) is 4.04. The molecule has 3 rings (SSSR count). The molecule has 0 atom stereocenters. The number of fused-ring (bicyclic) bond motifs is 1. The highest BCUT2D eigenvalue weighted by molar-refractivity contribution is 7.15. The number of hydrogen-bond acceptors (Lipinski definition) is 7. The Morgan fingerprint density at radius 2 is 2.35 bits per heavy atom. The molecule has 0 unspecified atom stereocenters. The largest absolute Gasteiger partial charge is 0.372 e. The van der Waals surface area contributed by atoms with Gasteiger partial charge in [0.25, 0.3) is 4.96 Å². The van der Waals surface area contributed by atoms with Crippen LogP contribution in [0.25, 0.3) is 4.96 Å². The van der Waals surface area contributed by atoms with Gasteiger partial charge in [-0.05, 0) is 11.3 Å². The van der Waals surface area contributed by atoms with Crippen LogP contribution in [0.3, 0.4) is 0 Å². The molecule has 3 aromatic heterocycles. The molecule has 0 spiro atoms. The fourth-order valence-corrected chi connectivity index (χ4v) is 2.58. The van der Waals surface area contributed by atoms with Crippen LogP contribution in [0.15, 0.2) is 24.0 Å². The molecule has 0 amide bonds. The van der Waals surface area contributed by atoms with E-state index in [1.54, 1.807) is 28.7 Å². The lowest BCUT2D eigenvalue weighted by atomic mass is 10.4. The first kappa shape index (κ1) is 12.5. The van der Waals surface area contributed by atoms with Crippen LogP contribution in [-0.2, 0) is 6.54 Å². The lowest BCUT2D eigenvalue weighted by Gasteiger charge is -2.03. The zero-order valence-corrected chi connectivity index (χ0v) is 11.2. The molecule has 0 bridgehead atoms. The Morgan fingerprint density at radius 1 is 1.45 bits per heavy atom. The molecule has 3 aromatic rings. The van der Waals surface area contributed by atoms with Gasteiger partial charge in [0.1, 0.15) is 6.20 Å². The highest BCUT2D eigenvalue weighted by Crippen LogP contribution is 2.27. The summed E-state index contributed by atoms with van der Waals surface area (Å²) in [5, 5.41) is 23.4. The Bertz CT molecular complexity index is 717. The van der Waals surface area contributed by atoms with Gasteiger partial charge < -0.3 is 15.4 Å². The minimum atomic E-state index is -0.424. The van der Waals surface area contributed by atoms with Crippen molar-refractivity contribution in [3.63, 3.8) is 0 Å². The highest BCUT2D eigenvalue weighted by Gasteiger charge is 2.22. The van der Waals surface area contributed by atoms with Gasteiger partial charge in [-0.15, -0.1) is 5.10 Å². The van der Waals surface area contributed by atoms with Crippen LogP contribution in [0.2, 0.25) is 0 Å². The molecule has 10 heteroatoms. The predicted molar refractivity (Wildman–Crippen MR) is 72.9 cm³/mol. The Hall–Kier alpha value is -2.49. The summed E-state index contributed by atoms with van der Waals surface area (Å²) in [6, 6.07) is 0. The third-order valence-corrected chi connectivity index (χ3v) is 3.49. The molecule has 0 aliphatic carbocycles. The molecule has 1 N–H and O–H groups in total. The van der Waals surface area contributed by atoms with Crippen LogP contribution in [0.1, 0.15) is 6.42 Å². The molecule has 9 nitrogen and oxygen atoms in total. The number of hydrogen-bond donors (Lipinski definition) is 1. The average Bonchev–Trinajstić information content (AvgIpc) is 3.10. The maximum Gasteiger partial charge on any atom is 0.372 e. The van der Waals surface area contributed by atoms with E-state index in [1.165, 1.54) is 15.7 Å². The second-order valence-corrected chi connectivity index (χ2v) is 4.92. The van der Waals surface area contributed by atoms with E-state index in [-0.39, 0.29) is 5.82 Å². The fraction of sp³-hybridized carbons (Fsp3) is 0.300. The van der Waals surface area contributed by atoms with Gasteiger partial charge in [-0.25, -0.2) is 0 Å². The average molecular weight is 293 g/mol. The molecule has 0 saturated heterocycles. The Morgan fingerprint density at radius 3 is 3.10 bits per heavy atom. The number of anilines is 1. The van der Waals surface area contributed by atoms with Crippen LogP contribution < -0.4 is 5.32 Å². The monoisotopic (exact) mass is 293 g/mol. The first-order valence-corrected chi connectivity index (χ1v) is 6.81. The van der Waals surface area contributed by atoms with Crippen LogP contribution in [0.5, 0.6) is 0 Å². The summed E-state index contributed by atoms with van der Waals surface area (Å²) in [5.74, 6) is 0.280. The summed E-state index contributed by atoms with van der Waals surface area (Å²) in [6.07, 6.45) is 5.80. The zero-order chi connectivity index (χ0) is 13.9. The van der Waals surface area contributed by atoms with E-state index in [0.717, 1.165) is 6.42 Å². The number of aryl methyl sites for hydroxylation is 1. The third kappa shape index (κ3) is 2.32. The molecule has 0 radical (unpaired) electrons. The third-order valence-electron chi connectivity index (χ3n) is 2.74. The van der Waals surface area contributed by atoms with E-state index in [4.69, 9.17) is 0 Å². The first-order chi connectivity index (χ1) is 9.75. The molecule has 0 fully saturated rings. The van der Waals surface area contributed by atoms with Crippen LogP contribution in [-0.4, -0.2) is 35.8 Å². The first-order valence-electron chi connectivity index (χ1n) is 5.93. The number of aromatic nitrogens is 5.